The number of rotatable bonds is 7. The van der Waals surface area contributed by atoms with Crippen molar-refractivity contribution in [3.63, 3.8) is 0 Å². The second-order valence-corrected chi connectivity index (χ2v) is 13.1. The van der Waals surface area contributed by atoms with Crippen molar-refractivity contribution < 1.29 is 31.4 Å². The average Bonchev–Trinajstić information content (AvgIpc) is 2.80. The quantitative estimate of drug-likeness (QED) is 0.538. The van der Waals surface area contributed by atoms with Crippen LogP contribution in [0.3, 0.4) is 0 Å². The minimum absolute atomic E-state index is 0.0110. The highest BCUT2D eigenvalue weighted by atomic mass is 79.9. The van der Waals surface area contributed by atoms with Gasteiger partial charge in [-0.1, -0.05) is 22.9 Å². The second kappa shape index (κ2) is 10.5. The minimum Gasteiger partial charge on any atom is -0.497 e. The Hall–Kier alpha value is -1.70. The van der Waals surface area contributed by atoms with Gasteiger partial charge in [-0.25, -0.2) is 16.8 Å². The fourth-order valence-corrected chi connectivity index (χ4v) is 7.05. The van der Waals surface area contributed by atoms with Gasteiger partial charge in [0.05, 0.1) is 25.2 Å². The van der Waals surface area contributed by atoms with E-state index in [2.05, 4.69) is 15.9 Å². The van der Waals surface area contributed by atoms with Gasteiger partial charge in [-0.15, -0.1) is 0 Å². The van der Waals surface area contributed by atoms with Crippen LogP contribution in [0.15, 0.2) is 56.7 Å². The third-order valence-electron chi connectivity index (χ3n) is 5.83. The van der Waals surface area contributed by atoms with Crippen LogP contribution in [0.1, 0.15) is 13.8 Å². The normalized spacial score (nSPS) is 21.7. The van der Waals surface area contributed by atoms with Gasteiger partial charge >= 0.3 is 0 Å². The van der Waals surface area contributed by atoms with E-state index in [1.165, 1.54) is 41.0 Å². The summed E-state index contributed by atoms with van der Waals surface area (Å²) in [7, 11) is -4.82. The zero-order valence-electron chi connectivity index (χ0n) is 19.4. The van der Waals surface area contributed by atoms with Crippen LogP contribution in [0.5, 0.6) is 11.5 Å². The molecule has 1 N–H and O–H groups in total. The van der Waals surface area contributed by atoms with Crippen LogP contribution in [-0.2, 0) is 20.0 Å². The molecule has 2 aromatic rings. The van der Waals surface area contributed by atoms with E-state index in [0.717, 1.165) is 0 Å². The van der Waals surface area contributed by atoms with Gasteiger partial charge in [0, 0.05) is 30.0 Å². The van der Waals surface area contributed by atoms with E-state index in [0.29, 0.717) is 10.2 Å². The van der Waals surface area contributed by atoms with E-state index in [4.69, 9.17) is 9.47 Å². The van der Waals surface area contributed by atoms with Gasteiger partial charge in [0.15, 0.2) is 0 Å². The van der Waals surface area contributed by atoms with Crippen molar-refractivity contribution in [1.82, 2.24) is 8.61 Å². The number of nitrogens with zero attached hydrogens (tertiary/aromatic N) is 2. The number of hydrogen-bond acceptors (Lipinski definition) is 7. The standard InChI is InChI=1S/C22H29BrN2O7S2/c1-15-12-25(16(2)14-26)34(29,30)22-10-5-17(23)11-20(22)32-21(15)13-24(3)33(27,28)19-8-6-18(31-4)7-9-19/h5-11,15-16,21,26H,12-14H2,1-4H3/t15-,16-,21-/m1/s1. The summed E-state index contributed by atoms with van der Waals surface area (Å²) in [6.45, 7) is 3.12. The lowest BCUT2D eigenvalue weighted by atomic mass is 10.0. The smallest absolute Gasteiger partial charge is 0.247 e. The predicted molar refractivity (Wildman–Crippen MR) is 131 cm³/mol. The van der Waals surface area contributed by atoms with Crippen LogP contribution < -0.4 is 9.47 Å². The number of ether oxygens (including phenoxy) is 2. The number of benzene rings is 2. The summed E-state index contributed by atoms with van der Waals surface area (Å²) in [4.78, 5) is 0.0733. The number of methoxy groups -OCH3 is 1. The second-order valence-electron chi connectivity index (χ2n) is 8.29. The van der Waals surface area contributed by atoms with Crippen molar-refractivity contribution >= 4 is 36.0 Å². The Bertz CT molecular complexity index is 1220. The Kier molecular flexibility index (Phi) is 8.31. The third-order valence-corrected chi connectivity index (χ3v) is 10.2. The summed E-state index contributed by atoms with van der Waals surface area (Å²) in [5.41, 5.74) is 0. The van der Waals surface area contributed by atoms with Crippen molar-refractivity contribution in [2.75, 3.05) is 33.9 Å². The summed E-state index contributed by atoms with van der Waals surface area (Å²) < 4.78 is 67.4. The van der Waals surface area contributed by atoms with E-state index in [1.807, 2.05) is 0 Å². The molecule has 12 heteroatoms. The van der Waals surface area contributed by atoms with E-state index in [1.54, 1.807) is 38.1 Å². The number of likely N-dealkylation sites (N-methyl/N-ethyl adjacent to an activating group) is 1. The lowest BCUT2D eigenvalue weighted by Gasteiger charge is -2.37. The number of sulfonamides is 2. The molecule has 3 rings (SSSR count). The van der Waals surface area contributed by atoms with Crippen LogP contribution in [0.4, 0.5) is 0 Å². The molecule has 0 saturated carbocycles. The number of halogens is 1. The molecule has 9 nitrogen and oxygen atoms in total. The topological polar surface area (TPSA) is 113 Å². The van der Waals surface area contributed by atoms with Gasteiger partial charge in [0.2, 0.25) is 20.0 Å². The zero-order chi connectivity index (χ0) is 25.3. The van der Waals surface area contributed by atoms with Gasteiger partial charge in [0.25, 0.3) is 0 Å². The fourth-order valence-electron chi connectivity index (χ4n) is 3.70. The molecule has 3 atom stereocenters. The number of aliphatic hydroxyl groups excluding tert-OH is 1. The Labute approximate surface area is 209 Å². The number of aliphatic hydroxyl groups is 1. The summed E-state index contributed by atoms with van der Waals surface area (Å²) in [5.74, 6) is 0.279. The molecule has 188 valence electrons. The SMILES string of the molecule is COc1ccc(S(=O)(=O)N(C)C[C@H]2Oc3cc(Br)ccc3S(=O)(=O)N([C@H](C)CO)C[C@H]2C)cc1. The lowest BCUT2D eigenvalue weighted by Crippen LogP contribution is -2.50. The molecule has 1 aliphatic heterocycles. The molecule has 0 amide bonds. The maximum atomic E-state index is 13.4. The maximum absolute atomic E-state index is 13.4. The predicted octanol–water partition coefficient (Wildman–Crippen LogP) is 2.55. The van der Waals surface area contributed by atoms with E-state index < -0.39 is 32.2 Å². The average molecular weight is 578 g/mol. The summed E-state index contributed by atoms with van der Waals surface area (Å²) in [5, 5.41) is 9.70. The first kappa shape index (κ1) is 26.9. The maximum Gasteiger partial charge on any atom is 0.247 e. The number of hydrogen-bond donors (Lipinski definition) is 1. The number of fused-ring (bicyclic) bond motifs is 1. The molecule has 0 aliphatic carbocycles. The van der Waals surface area contributed by atoms with Crippen LogP contribution in [0, 0.1) is 5.92 Å². The van der Waals surface area contributed by atoms with Crippen molar-refractivity contribution in [3.05, 3.63) is 46.9 Å². The lowest BCUT2D eigenvalue weighted by molar-refractivity contribution is 0.0904. The Morgan fingerprint density at radius 2 is 1.91 bits per heavy atom. The Morgan fingerprint density at radius 1 is 1.26 bits per heavy atom. The van der Waals surface area contributed by atoms with Crippen molar-refractivity contribution in [3.8, 4) is 11.5 Å². The molecule has 0 radical (unpaired) electrons. The first-order chi connectivity index (χ1) is 15.9. The molecule has 0 saturated heterocycles. The van der Waals surface area contributed by atoms with Gasteiger partial charge in [-0.3, -0.25) is 0 Å². The summed E-state index contributed by atoms with van der Waals surface area (Å²) >= 11 is 3.35. The Morgan fingerprint density at radius 3 is 2.50 bits per heavy atom. The largest absolute Gasteiger partial charge is 0.497 e. The highest BCUT2D eigenvalue weighted by Gasteiger charge is 2.39. The molecule has 34 heavy (non-hydrogen) atoms. The summed E-state index contributed by atoms with van der Waals surface area (Å²) in [6.07, 6.45) is -0.657. The van der Waals surface area contributed by atoms with Crippen LogP contribution in [-0.4, -0.2) is 76.6 Å². The van der Waals surface area contributed by atoms with Gasteiger partial charge in [-0.2, -0.15) is 8.61 Å². The highest BCUT2D eigenvalue weighted by Crippen LogP contribution is 2.35. The molecule has 0 aromatic heterocycles. The van der Waals surface area contributed by atoms with Crippen molar-refractivity contribution in [1.29, 1.82) is 0 Å². The molecule has 1 heterocycles. The first-order valence-corrected chi connectivity index (χ1v) is 14.3. The van der Waals surface area contributed by atoms with Crippen LogP contribution >= 0.6 is 15.9 Å². The Balaban J connectivity index is 1.98. The van der Waals surface area contributed by atoms with E-state index in [-0.39, 0.29) is 41.2 Å². The summed E-state index contributed by atoms with van der Waals surface area (Å²) in [6, 6.07) is 10.0. The molecule has 1 aliphatic rings. The van der Waals surface area contributed by atoms with Gasteiger partial charge in [-0.05, 0) is 49.4 Å². The molecular formula is C22H29BrN2O7S2. The molecule has 0 bridgehead atoms. The molecule has 2 aromatic carbocycles. The van der Waals surface area contributed by atoms with Crippen molar-refractivity contribution in [2.24, 2.45) is 5.92 Å². The van der Waals surface area contributed by atoms with E-state index in [9.17, 15) is 21.9 Å². The first-order valence-electron chi connectivity index (χ1n) is 10.6. The van der Waals surface area contributed by atoms with Crippen LogP contribution in [0.25, 0.3) is 0 Å². The molecule has 0 spiro atoms. The minimum atomic E-state index is -3.95. The van der Waals surface area contributed by atoms with Crippen molar-refractivity contribution in [2.45, 2.75) is 35.8 Å². The van der Waals surface area contributed by atoms with Gasteiger partial charge in [0.1, 0.15) is 22.5 Å². The zero-order valence-corrected chi connectivity index (χ0v) is 22.6. The molecule has 0 unspecified atom stereocenters. The monoisotopic (exact) mass is 576 g/mol. The molecule has 0 fully saturated rings. The third kappa shape index (κ3) is 5.42. The molecular weight excluding hydrogens is 548 g/mol. The highest BCUT2D eigenvalue weighted by molar-refractivity contribution is 9.10. The van der Waals surface area contributed by atoms with E-state index >= 15 is 0 Å². The fraction of sp³-hybridized carbons (Fsp3) is 0.455. The van der Waals surface area contributed by atoms with Crippen LogP contribution in [0.2, 0.25) is 0 Å². The van der Waals surface area contributed by atoms with Gasteiger partial charge < -0.3 is 14.6 Å².